The minimum atomic E-state index is -0.100. The summed E-state index contributed by atoms with van der Waals surface area (Å²) in [5, 5.41) is 3.09. The van der Waals surface area contributed by atoms with E-state index < -0.39 is 0 Å². The van der Waals surface area contributed by atoms with E-state index in [-0.39, 0.29) is 11.3 Å². The van der Waals surface area contributed by atoms with Crippen molar-refractivity contribution in [3.63, 3.8) is 0 Å². The fraction of sp³-hybridized carbons (Fsp3) is 0.706. The van der Waals surface area contributed by atoms with Crippen LogP contribution in [0.1, 0.15) is 42.7 Å². The lowest BCUT2D eigenvalue weighted by molar-refractivity contribution is 0.00721. The van der Waals surface area contributed by atoms with E-state index in [1.807, 2.05) is 0 Å². The fourth-order valence-corrected chi connectivity index (χ4v) is 3.69. The van der Waals surface area contributed by atoms with E-state index >= 15 is 0 Å². The molecule has 5 nitrogen and oxygen atoms in total. The minimum Gasteiger partial charge on any atom is -0.459 e. The second-order valence-electron chi connectivity index (χ2n) is 6.61. The van der Waals surface area contributed by atoms with Crippen LogP contribution in [0.15, 0.2) is 22.8 Å². The first-order valence-corrected chi connectivity index (χ1v) is 8.39. The molecule has 2 heterocycles. The Hall–Kier alpha value is -1.33. The maximum absolute atomic E-state index is 12.1. The van der Waals surface area contributed by atoms with E-state index in [1.54, 1.807) is 18.4 Å². The van der Waals surface area contributed by atoms with E-state index in [4.69, 9.17) is 9.15 Å². The summed E-state index contributed by atoms with van der Waals surface area (Å²) in [4.78, 5) is 14.6. The molecule has 1 saturated heterocycles. The van der Waals surface area contributed by atoms with E-state index in [0.717, 1.165) is 39.4 Å². The van der Waals surface area contributed by atoms with Crippen LogP contribution in [0, 0.1) is 5.41 Å². The van der Waals surface area contributed by atoms with Gasteiger partial charge in [-0.15, -0.1) is 0 Å². The second-order valence-corrected chi connectivity index (χ2v) is 6.61. The second kappa shape index (κ2) is 7.29. The van der Waals surface area contributed by atoms with Gasteiger partial charge in [-0.05, 0) is 25.0 Å². The molecule has 3 rings (SSSR count). The summed E-state index contributed by atoms with van der Waals surface area (Å²) in [7, 11) is 0. The molecular weight excluding hydrogens is 280 g/mol. The average molecular weight is 306 g/mol. The minimum absolute atomic E-state index is 0.100. The highest BCUT2D eigenvalue weighted by molar-refractivity contribution is 5.91. The van der Waals surface area contributed by atoms with Crippen molar-refractivity contribution in [2.45, 2.75) is 32.1 Å². The third-order valence-corrected chi connectivity index (χ3v) is 4.95. The summed E-state index contributed by atoms with van der Waals surface area (Å²) in [5.74, 6) is 0.300. The summed E-state index contributed by atoms with van der Waals surface area (Å²) in [6.45, 7) is 5.48. The first-order chi connectivity index (χ1) is 10.8. The Balaban J connectivity index is 1.59. The Morgan fingerprint density at radius 3 is 2.68 bits per heavy atom. The van der Waals surface area contributed by atoms with Gasteiger partial charge in [0.05, 0.1) is 19.5 Å². The van der Waals surface area contributed by atoms with Crippen LogP contribution in [0.4, 0.5) is 0 Å². The van der Waals surface area contributed by atoms with Crippen LogP contribution in [0.5, 0.6) is 0 Å². The molecule has 0 spiro atoms. The molecule has 1 aliphatic carbocycles. The van der Waals surface area contributed by atoms with Gasteiger partial charge < -0.3 is 14.5 Å². The zero-order valence-corrected chi connectivity index (χ0v) is 13.2. The van der Waals surface area contributed by atoms with Gasteiger partial charge in [-0.1, -0.05) is 19.3 Å². The number of hydrogen-bond acceptors (Lipinski definition) is 4. The zero-order chi connectivity index (χ0) is 15.3. The lowest BCUT2D eigenvalue weighted by Crippen LogP contribution is -2.49. The number of nitrogens with zero attached hydrogens (tertiary/aromatic N) is 1. The van der Waals surface area contributed by atoms with Gasteiger partial charge in [-0.3, -0.25) is 9.69 Å². The van der Waals surface area contributed by atoms with Crippen LogP contribution in [0.25, 0.3) is 0 Å². The average Bonchev–Trinajstić information content (AvgIpc) is 3.09. The molecule has 2 aliphatic rings. The molecule has 0 atom stereocenters. The van der Waals surface area contributed by atoms with Crippen molar-refractivity contribution in [1.82, 2.24) is 10.2 Å². The predicted molar refractivity (Wildman–Crippen MR) is 83.8 cm³/mol. The molecule has 1 saturated carbocycles. The molecule has 1 amide bonds. The largest absolute Gasteiger partial charge is 0.459 e. The molecule has 1 aliphatic heterocycles. The Morgan fingerprint density at radius 2 is 2.00 bits per heavy atom. The fourth-order valence-electron chi connectivity index (χ4n) is 3.69. The number of carbonyl (C=O) groups excluding carboxylic acids is 1. The van der Waals surface area contributed by atoms with Gasteiger partial charge in [0.15, 0.2) is 5.76 Å². The smallest absolute Gasteiger partial charge is 0.286 e. The highest BCUT2D eigenvalue weighted by Crippen LogP contribution is 2.36. The van der Waals surface area contributed by atoms with Crippen LogP contribution in [-0.4, -0.2) is 50.2 Å². The molecule has 0 aromatic carbocycles. The van der Waals surface area contributed by atoms with Gasteiger partial charge in [0.2, 0.25) is 0 Å². The van der Waals surface area contributed by atoms with E-state index in [2.05, 4.69) is 10.2 Å². The van der Waals surface area contributed by atoms with Crippen LogP contribution in [0.2, 0.25) is 0 Å². The Bertz CT molecular complexity index is 460. The number of carbonyl (C=O) groups is 1. The van der Waals surface area contributed by atoms with Gasteiger partial charge in [0.25, 0.3) is 5.91 Å². The van der Waals surface area contributed by atoms with Gasteiger partial charge >= 0.3 is 0 Å². The summed E-state index contributed by atoms with van der Waals surface area (Å²) >= 11 is 0. The van der Waals surface area contributed by atoms with E-state index in [0.29, 0.717) is 5.76 Å². The summed E-state index contributed by atoms with van der Waals surface area (Å²) in [5.41, 5.74) is 0.206. The summed E-state index contributed by atoms with van der Waals surface area (Å²) in [6.07, 6.45) is 7.78. The van der Waals surface area contributed by atoms with Crippen molar-refractivity contribution in [2.24, 2.45) is 5.41 Å². The SMILES string of the molecule is O=C(NCC1(CN2CCOCC2)CCCCC1)c1ccco1. The third kappa shape index (κ3) is 3.90. The van der Waals surface area contributed by atoms with E-state index in [9.17, 15) is 4.79 Å². The van der Waals surface area contributed by atoms with Gasteiger partial charge in [0.1, 0.15) is 0 Å². The monoisotopic (exact) mass is 306 g/mol. The Labute approximate surface area is 132 Å². The molecule has 0 unspecified atom stereocenters. The van der Waals surface area contributed by atoms with Crippen molar-refractivity contribution in [2.75, 3.05) is 39.4 Å². The lowest BCUT2D eigenvalue weighted by atomic mass is 9.73. The quantitative estimate of drug-likeness (QED) is 0.907. The molecular formula is C17H26N2O3. The topological polar surface area (TPSA) is 54.7 Å². The number of rotatable bonds is 5. The highest BCUT2D eigenvalue weighted by Gasteiger charge is 2.34. The molecule has 1 aromatic heterocycles. The third-order valence-electron chi connectivity index (χ3n) is 4.95. The Kier molecular flexibility index (Phi) is 5.16. The first kappa shape index (κ1) is 15.6. The van der Waals surface area contributed by atoms with Gasteiger partial charge in [-0.2, -0.15) is 0 Å². The van der Waals surface area contributed by atoms with E-state index in [1.165, 1.54) is 32.1 Å². The van der Waals surface area contributed by atoms with Crippen molar-refractivity contribution in [3.05, 3.63) is 24.2 Å². The summed E-state index contributed by atoms with van der Waals surface area (Å²) in [6, 6.07) is 3.46. The molecule has 22 heavy (non-hydrogen) atoms. The number of hydrogen-bond donors (Lipinski definition) is 1. The van der Waals surface area contributed by atoms with Gasteiger partial charge in [0, 0.05) is 31.6 Å². The number of ether oxygens (including phenoxy) is 1. The molecule has 1 aromatic rings. The van der Waals surface area contributed by atoms with Crippen LogP contribution in [0.3, 0.4) is 0 Å². The standard InChI is InChI=1S/C17H26N2O3/c20-16(15-5-4-10-22-15)18-13-17(6-2-1-3-7-17)14-19-8-11-21-12-9-19/h4-5,10H,1-3,6-9,11-14H2,(H,18,20). The number of furan rings is 1. The molecule has 1 N–H and O–H groups in total. The van der Waals surface area contributed by atoms with Crippen LogP contribution in [-0.2, 0) is 4.74 Å². The molecule has 5 heteroatoms. The van der Waals surface area contributed by atoms with Crippen molar-refractivity contribution in [3.8, 4) is 0 Å². The number of nitrogens with one attached hydrogen (secondary N) is 1. The normalized spacial score (nSPS) is 22.4. The maximum Gasteiger partial charge on any atom is 0.286 e. The van der Waals surface area contributed by atoms with Crippen LogP contribution >= 0.6 is 0 Å². The van der Waals surface area contributed by atoms with Gasteiger partial charge in [-0.25, -0.2) is 0 Å². The summed E-state index contributed by atoms with van der Waals surface area (Å²) < 4.78 is 10.6. The predicted octanol–water partition coefficient (Wildman–Crippen LogP) is 2.29. The van der Waals surface area contributed by atoms with Crippen LogP contribution < -0.4 is 5.32 Å². The zero-order valence-electron chi connectivity index (χ0n) is 13.2. The highest BCUT2D eigenvalue weighted by atomic mass is 16.5. The van der Waals surface area contributed by atoms with Crippen molar-refractivity contribution in [1.29, 1.82) is 0 Å². The molecule has 0 bridgehead atoms. The number of morpholine rings is 1. The molecule has 2 fully saturated rings. The number of amides is 1. The van der Waals surface area contributed by atoms with Crippen molar-refractivity contribution < 1.29 is 13.9 Å². The molecule has 0 radical (unpaired) electrons. The Morgan fingerprint density at radius 1 is 1.23 bits per heavy atom. The maximum atomic E-state index is 12.1. The molecule has 122 valence electrons. The first-order valence-electron chi connectivity index (χ1n) is 8.39. The van der Waals surface area contributed by atoms with Crippen molar-refractivity contribution >= 4 is 5.91 Å². The lowest BCUT2D eigenvalue weighted by Gasteiger charge is -2.42.